The van der Waals surface area contributed by atoms with Crippen molar-refractivity contribution in [2.45, 2.75) is 87.6 Å². The van der Waals surface area contributed by atoms with Crippen LogP contribution in [0.4, 0.5) is 0 Å². The highest BCUT2D eigenvalue weighted by Crippen LogP contribution is 2.20. The number of carbonyl (C=O) groups is 7. The first-order valence-corrected chi connectivity index (χ1v) is 21.3. The number of nitrogens with one attached hydrogen (secondary N) is 7. The van der Waals surface area contributed by atoms with E-state index in [2.05, 4.69) is 62.1 Å². The Morgan fingerprint density at radius 3 is 1.52 bits per heavy atom. The number of fused-ring (bicyclic) bond motifs is 1. The van der Waals surface area contributed by atoms with E-state index < -0.39 is 95.9 Å². The summed E-state index contributed by atoms with van der Waals surface area (Å²) in [7, 11) is 0. The lowest BCUT2D eigenvalue weighted by atomic mass is 10.0. The highest BCUT2D eigenvalue weighted by atomic mass is 32.1. The fourth-order valence-electron chi connectivity index (χ4n) is 6.52. The van der Waals surface area contributed by atoms with Crippen molar-refractivity contribution in [2.75, 3.05) is 11.5 Å². The highest BCUT2D eigenvalue weighted by molar-refractivity contribution is 7.80. The van der Waals surface area contributed by atoms with Crippen LogP contribution in [-0.2, 0) is 52.8 Å². The van der Waals surface area contributed by atoms with Gasteiger partial charge in [0.25, 0.3) is 0 Å². The van der Waals surface area contributed by atoms with E-state index in [0.717, 1.165) is 23.4 Å². The van der Waals surface area contributed by atoms with Crippen molar-refractivity contribution < 1.29 is 48.9 Å². The molecule has 12 N–H and O–H groups in total. The second-order valence-corrected chi connectivity index (χ2v) is 15.7. The van der Waals surface area contributed by atoms with Gasteiger partial charge in [0.15, 0.2) is 6.04 Å². The number of carboxylic acid groups (broad SMARTS) is 1. The molecule has 0 aliphatic carbocycles. The van der Waals surface area contributed by atoms with E-state index in [9.17, 15) is 48.9 Å². The van der Waals surface area contributed by atoms with Crippen molar-refractivity contribution in [3.8, 4) is 0 Å². The number of aliphatic carboxylic acids is 1. The lowest BCUT2D eigenvalue weighted by Crippen LogP contribution is -2.62. The van der Waals surface area contributed by atoms with Gasteiger partial charge in [0, 0.05) is 41.4 Å². The smallest absolute Gasteiger partial charge is 0.328 e. The zero-order valence-electron chi connectivity index (χ0n) is 34.6. The minimum Gasteiger partial charge on any atom is -0.480 e. The van der Waals surface area contributed by atoms with Crippen LogP contribution in [0.15, 0.2) is 91.1 Å². The van der Waals surface area contributed by atoms with Crippen LogP contribution < -0.4 is 37.6 Å². The van der Waals surface area contributed by atoms with Gasteiger partial charge in [0.1, 0.15) is 30.2 Å². The third-order valence-electron chi connectivity index (χ3n) is 10.0. The molecule has 0 bridgehead atoms. The minimum atomic E-state index is -1.71. The second-order valence-electron chi connectivity index (χ2n) is 15.0. The number of aromatic amines is 1. The van der Waals surface area contributed by atoms with Gasteiger partial charge in [-0.2, -0.15) is 25.3 Å². The van der Waals surface area contributed by atoms with E-state index >= 15 is 0 Å². The Morgan fingerprint density at radius 1 is 0.556 bits per heavy atom. The number of aliphatic hydroxyl groups is 2. The number of nitrogens with two attached hydrogens (primary N) is 1. The first kappa shape index (κ1) is 49.7. The largest absolute Gasteiger partial charge is 0.480 e. The van der Waals surface area contributed by atoms with Crippen LogP contribution in [0, 0.1) is 0 Å². The number of carboxylic acids is 1. The molecule has 4 rings (SSSR count). The second kappa shape index (κ2) is 24.1. The fourth-order valence-corrected chi connectivity index (χ4v) is 7.04. The lowest BCUT2D eigenvalue weighted by Gasteiger charge is -2.28. The lowest BCUT2D eigenvalue weighted by molar-refractivity contribution is -0.145. The van der Waals surface area contributed by atoms with Gasteiger partial charge in [-0.15, -0.1) is 0 Å². The van der Waals surface area contributed by atoms with Crippen molar-refractivity contribution in [1.29, 1.82) is 0 Å². The molecule has 1 heterocycles. The van der Waals surface area contributed by atoms with Crippen LogP contribution in [0.5, 0.6) is 0 Å². The predicted molar refractivity (Wildman–Crippen MR) is 241 cm³/mol. The number of amides is 6. The topological polar surface area (TPSA) is 294 Å². The van der Waals surface area contributed by atoms with Gasteiger partial charge in [-0.05, 0) is 43.0 Å². The third kappa shape index (κ3) is 14.6. The maximum absolute atomic E-state index is 14.3. The van der Waals surface area contributed by atoms with E-state index in [1.54, 1.807) is 54.7 Å². The minimum absolute atomic E-state index is 0.0513. The summed E-state index contributed by atoms with van der Waals surface area (Å²) >= 11 is 8.37. The maximum Gasteiger partial charge on any atom is 0.328 e. The molecule has 0 fully saturated rings. The standard InChI is InChI=1S/C43H54N8O10S2/c1-23(52)35(42(59)49-34(22-63)41(58)51-36(24(2)53)43(60)61)50-39(56)32(19-27-20-45-30-16-10-9-15-28(27)30)47-38(55)31(18-26-13-7-4-8-14-26)46-40(57)33(21-62)48-37(54)29(44)17-25-11-5-3-6-12-25/h3-16,20,23-24,29,31-36,45,52-53,62-63H,17-19,21-22,44H2,1-2H3,(H,46,57)(H,47,55)(H,48,54)(H,49,59)(H,50,56)(H,51,58)(H,60,61)/t23-,24-,29+,31+,32-,33+,34+,35+,36-/m1/s1. The molecule has 63 heavy (non-hydrogen) atoms. The Bertz CT molecular complexity index is 2190. The van der Waals surface area contributed by atoms with E-state index in [0.29, 0.717) is 11.1 Å². The van der Waals surface area contributed by atoms with Gasteiger partial charge in [0.2, 0.25) is 35.4 Å². The molecule has 20 heteroatoms. The molecule has 0 radical (unpaired) electrons. The molecule has 0 spiro atoms. The zero-order chi connectivity index (χ0) is 46.2. The molecule has 0 aliphatic heterocycles. The zero-order valence-corrected chi connectivity index (χ0v) is 36.4. The Morgan fingerprint density at radius 2 is 0.984 bits per heavy atom. The van der Waals surface area contributed by atoms with Gasteiger partial charge < -0.3 is 57.9 Å². The molecule has 9 atom stereocenters. The number of hydrogen-bond donors (Lipinski definition) is 13. The molecule has 0 saturated heterocycles. The quantitative estimate of drug-likeness (QED) is 0.0407. The molecular weight excluding hydrogens is 853 g/mol. The molecular formula is C43H54N8O10S2. The van der Waals surface area contributed by atoms with Gasteiger partial charge in [0.05, 0.1) is 18.2 Å². The average molecular weight is 907 g/mol. The average Bonchev–Trinajstić information content (AvgIpc) is 3.67. The summed E-state index contributed by atoms with van der Waals surface area (Å²) in [4.78, 5) is 96.6. The van der Waals surface area contributed by atoms with E-state index in [1.165, 1.54) is 6.92 Å². The fraction of sp³-hybridized carbons (Fsp3) is 0.372. The third-order valence-corrected chi connectivity index (χ3v) is 10.8. The summed E-state index contributed by atoms with van der Waals surface area (Å²) in [6, 6.07) is 15.1. The Balaban J connectivity index is 1.59. The Labute approximate surface area is 374 Å². The van der Waals surface area contributed by atoms with Gasteiger partial charge in [-0.25, -0.2) is 4.79 Å². The summed E-state index contributed by atoms with van der Waals surface area (Å²) in [5.74, 6) is -7.19. The molecule has 6 amide bonds. The number of H-pyrrole nitrogens is 1. The van der Waals surface area contributed by atoms with Gasteiger partial charge in [-0.3, -0.25) is 28.8 Å². The van der Waals surface area contributed by atoms with E-state index in [-0.39, 0.29) is 30.8 Å². The van der Waals surface area contributed by atoms with Crippen LogP contribution in [0.2, 0.25) is 0 Å². The number of thiol groups is 2. The molecule has 4 aromatic rings. The van der Waals surface area contributed by atoms with Crippen molar-refractivity contribution in [3.05, 3.63) is 108 Å². The first-order chi connectivity index (χ1) is 30.0. The van der Waals surface area contributed by atoms with Crippen molar-refractivity contribution in [2.24, 2.45) is 5.73 Å². The van der Waals surface area contributed by atoms with E-state index in [1.807, 2.05) is 36.4 Å². The Hall–Kier alpha value is -5.93. The monoisotopic (exact) mass is 906 g/mol. The molecule has 0 unspecified atom stereocenters. The number of rotatable bonds is 23. The van der Waals surface area contributed by atoms with Gasteiger partial charge in [-0.1, -0.05) is 78.9 Å². The summed E-state index contributed by atoms with van der Waals surface area (Å²) in [6.07, 6.45) is -1.40. The van der Waals surface area contributed by atoms with Crippen LogP contribution in [0.25, 0.3) is 10.9 Å². The van der Waals surface area contributed by atoms with Crippen molar-refractivity contribution >= 4 is 77.6 Å². The van der Waals surface area contributed by atoms with E-state index in [4.69, 9.17) is 5.73 Å². The summed E-state index contributed by atoms with van der Waals surface area (Å²) in [5, 5.41) is 45.6. The highest BCUT2D eigenvalue weighted by Gasteiger charge is 2.36. The summed E-state index contributed by atoms with van der Waals surface area (Å²) in [5.41, 5.74) is 8.94. The number of hydrogen-bond acceptors (Lipinski definition) is 12. The van der Waals surface area contributed by atoms with Crippen LogP contribution >= 0.6 is 25.3 Å². The molecule has 338 valence electrons. The Kier molecular flexibility index (Phi) is 19.0. The summed E-state index contributed by atoms with van der Waals surface area (Å²) < 4.78 is 0. The summed E-state index contributed by atoms with van der Waals surface area (Å²) in [6.45, 7) is 2.36. The molecule has 18 nitrogen and oxygen atoms in total. The number of aromatic nitrogens is 1. The SMILES string of the molecule is C[C@@H](O)[C@H](NC(=O)[C@@H](Cc1c[nH]c2ccccc12)NC(=O)[C@H](Cc1ccccc1)NC(=O)[C@H](CS)NC(=O)[C@@H](N)Cc1ccccc1)C(=O)N[C@@H](CS)C(=O)N[C@@H](C(=O)O)[C@@H](C)O. The van der Waals surface area contributed by atoms with Crippen LogP contribution in [-0.4, -0.2) is 128 Å². The van der Waals surface area contributed by atoms with Crippen molar-refractivity contribution in [3.63, 3.8) is 0 Å². The molecule has 1 aromatic heterocycles. The molecule has 0 saturated carbocycles. The van der Waals surface area contributed by atoms with Crippen molar-refractivity contribution in [1.82, 2.24) is 36.9 Å². The number of carbonyl (C=O) groups excluding carboxylic acids is 6. The van der Waals surface area contributed by atoms with Crippen LogP contribution in [0.1, 0.15) is 30.5 Å². The normalized spacial score (nSPS) is 15.5. The predicted octanol–water partition coefficient (Wildman–Crippen LogP) is -0.862. The first-order valence-electron chi connectivity index (χ1n) is 20.0. The van der Waals surface area contributed by atoms with Gasteiger partial charge >= 0.3 is 5.97 Å². The number of benzene rings is 3. The molecule has 0 aliphatic rings. The number of aliphatic hydroxyl groups excluding tert-OH is 2. The molecule has 3 aromatic carbocycles. The number of para-hydroxylation sites is 1. The van der Waals surface area contributed by atoms with Crippen LogP contribution in [0.3, 0.4) is 0 Å². The maximum atomic E-state index is 14.3.